The van der Waals surface area contributed by atoms with Crippen molar-refractivity contribution in [2.45, 2.75) is 44.3 Å². The summed E-state index contributed by atoms with van der Waals surface area (Å²) in [6, 6.07) is 5.98. The van der Waals surface area contributed by atoms with Crippen LogP contribution >= 0.6 is 0 Å². The molecule has 133 valence electrons. The Bertz CT molecular complexity index is 577. The molecule has 6 nitrogen and oxygen atoms in total. The molecule has 7 heteroatoms. The molecule has 0 aliphatic rings. The van der Waals surface area contributed by atoms with Crippen LogP contribution in [0, 0.1) is 18.2 Å². The summed E-state index contributed by atoms with van der Waals surface area (Å²) in [5, 5.41) is 19.8. The van der Waals surface area contributed by atoms with Gasteiger partial charge in [-0.25, -0.2) is 4.39 Å². The Morgan fingerprint density at radius 1 is 1.38 bits per heavy atom. The van der Waals surface area contributed by atoms with Crippen molar-refractivity contribution in [2.75, 3.05) is 0 Å². The lowest BCUT2D eigenvalue weighted by molar-refractivity contribution is -0.136. The van der Waals surface area contributed by atoms with Crippen LogP contribution < -0.4 is 11.5 Å². The van der Waals surface area contributed by atoms with Crippen LogP contribution in [0.2, 0.25) is 0 Å². The molecule has 0 aliphatic carbocycles. The number of hydrogen-bond acceptors (Lipinski definition) is 4. The highest BCUT2D eigenvalue weighted by Gasteiger charge is 2.30. The monoisotopic (exact) mass is 339 g/mol. The molecule has 0 saturated carbocycles. The molecule has 0 saturated heterocycles. The number of aliphatic hydroxyl groups is 2. The number of nitrogens with two attached hydrogens (primary N) is 2. The molecule has 0 fully saturated rings. The van der Waals surface area contributed by atoms with Gasteiger partial charge in [0.05, 0.1) is 6.10 Å². The highest BCUT2D eigenvalue weighted by atomic mass is 19.1. The van der Waals surface area contributed by atoms with E-state index in [-0.39, 0.29) is 25.1 Å². The molecule has 0 aromatic heterocycles. The third-order valence-electron chi connectivity index (χ3n) is 3.95. The fourth-order valence-corrected chi connectivity index (χ4v) is 2.28. The molecular formula is C17H24FN2O4. The zero-order valence-electron chi connectivity index (χ0n) is 13.6. The van der Waals surface area contributed by atoms with Gasteiger partial charge in [-0.05, 0) is 56.7 Å². The van der Waals surface area contributed by atoms with Crippen LogP contribution in [0.3, 0.4) is 0 Å². The predicted molar refractivity (Wildman–Crippen MR) is 86.8 cm³/mol. The second-order valence-corrected chi connectivity index (χ2v) is 6.15. The Morgan fingerprint density at radius 3 is 2.58 bits per heavy atom. The highest BCUT2D eigenvalue weighted by Crippen LogP contribution is 2.21. The molecule has 0 spiro atoms. The average molecular weight is 339 g/mol. The minimum atomic E-state index is -1.73. The van der Waals surface area contributed by atoms with Gasteiger partial charge in [0.25, 0.3) is 0 Å². The van der Waals surface area contributed by atoms with Crippen LogP contribution in [0.15, 0.2) is 24.3 Å². The molecule has 0 heterocycles. The van der Waals surface area contributed by atoms with E-state index in [1.165, 1.54) is 19.1 Å². The average Bonchev–Trinajstić information content (AvgIpc) is 2.49. The summed E-state index contributed by atoms with van der Waals surface area (Å²) in [5.74, 6) is -2.59. The van der Waals surface area contributed by atoms with E-state index in [1.54, 1.807) is 18.6 Å². The molecule has 1 radical (unpaired) electrons. The number of hydrogen-bond donors (Lipinski definition) is 4. The predicted octanol–water partition coefficient (Wildman–Crippen LogP) is 0.441. The lowest BCUT2D eigenvalue weighted by atomic mass is 9.88. The molecule has 24 heavy (non-hydrogen) atoms. The van der Waals surface area contributed by atoms with Crippen LogP contribution in [0.5, 0.6) is 0 Å². The fraction of sp³-hybridized carbons (Fsp3) is 0.471. The standard InChI is InChI=1S/C17H24FN2O4/c1-17(24,16(20)23)8-7-12(15(19)22)10-14(21)6-5-11-3-2-4-13(18)9-11/h2-4,6,9,12,14,21,24H,5,7-8,10H2,1H3,(H2,19,22)(H2,20,23). The van der Waals surface area contributed by atoms with Gasteiger partial charge in [-0.1, -0.05) is 12.1 Å². The van der Waals surface area contributed by atoms with Gasteiger partial charge in [0, 0.05) is 5.92 Å². The van der Waals surface area contributed by atoms with Crippen molar-refractivity contribution >= 4 is 11.8 Å². The zero-order valence-corrected chi connectivity index (χ0v) is 13.6. The third-order valence-corrected chi connectivity index (χ3v) is 3.95. The molecule has 1 rings (SSSR count). The summed E-state index contributed by atoms with van der Waals surface area (Å²) in [5.41, 5.74) is 9.34. The minimum Gasteiger partial charge on any atom is -0.393 e. The Labute approximate surface area is 140 Å². The van der Waals surface area contributed by atoms with Gasteiger partial charge in [-0.3, -0.25) is 9.59 Å². The maximum Gasteiger partial charge on any atom is 0.249 e. The van der Waals surface area contributed by atoms with E-state index in [0.29, 0.717) is 12.0 Å². The number of carbonyl (C=O) groups is 2. The molecule has 2 amide bonds. The van der Waals surface area contributed by atoms with Gasteiger partial charge in [0.15, 0.2) is 0 Å². The molecule has 1 aromatic carbocycles. The SMILES string of the molecule is CC(O)(CCC(CC(O)[CH]Cc1cccc(F)c1)C(N)=O)C(N)=O. The Balaban J connectivity index is 2.52. The van der Waals surface area contributed by atoms with Gasteiger partial charge in [-0.2, -0.15) is 0 Å². The molecule has 6 N–H and O–H groups in total. The Morgan fingerprint density at radius 2 is 2.04 bits per heavy atom. The van der Waals surface area contributed by atoms with Gasteiger partial charge >= 0.3 is 0 Å². The van der Waals surface area contributed by atoms with E-state index < -0.39 is 29.4 Å². The minimum absolute atomic E-state index is 0.0352. The summed E-state index contributed by atoms with van der Waals surface area (Å²) < 4.78 is 13.1. The van der Waals surface area contributed by atoms with Crippen molar-refractivity contribution in [3.05, 3.63) is 42.1 Å². The smallest absolute Gasteiger partial charge is 0.249 e. The van der Waals surface area contributed by atoms with E-state index in [1.807, 2.05) is 0 Å². The summed E-state index contributed by atoms with van der Waals surface area (Å²) in [6.07, 6.45) is 1.10. The first-order valence-electron chi connectivity index (χ1n) is 7.69. The summed E-state index contributed by atoms with van der Waals surface area (Å²) >= 11 is 0. The van der Waals surface area contributed by atoms with Crippen LogP contribution in [-0.4, -0.2) is 33.7 Å². The van der Waals surface area contributed by atoms with Crippen molar-refractivity contribution in [1.82, 2.24) is 0 Å². The van der Waals surface area contributed by atoms with Crippen molar-refractivity contribution in [2.24, 2.45) is 17.4 Å². The second-order valence-electron chi connectivity index (χ2n) is 6.15. The maximum absolute atomic E-state index is 13.1. The third kappa shape index (κ3) is 6.64. The van der Waals surface area contributed by atoms with Crippen LogP contribution in [0.25, 0.3) is 0 Å². The molecule has 3 unspecified atom stereocenters. The van der Waals surface area contributed by atoms with Gasteiger partial charge in [0.2, 0.25) is 11.8 Å². The van der Waals surface area contributed by atoms with Crippen LogP contribution in [-0.2, 0) is 16.0 Å². The number of halogens is 1. The van der Waals surface area contributed by atoms with E-state index in [9.17, 15) is 24.2 Å². The van der Waals surface area contributed by atoms with E-state index >= 15 is 0 Å². The Hall–Kier alpha value is -1.99. The lowest BCUT2D eigenvalue weighted by Crippen LogP contribution is -2.42. The number of primary amides is 2. The van der Waals surface area contributed by atoms with Crippen molar-refractivity contribution < 1.29 is 24.2 Å². The van der Waals surface area contributed by atoms with Crippen LogP contribution in [0.1, 0.15) is 31.7 Å². The second kappa shape index (κ2) is 8.75. The summed E-state index contributed by atoms with van der Waals surface area (Å²) in [7, 11) is 0. The molecule has 1 aromatic rings. The molecule has 3 atom stereocenters. The topological polar surface area (TPSA) is 127 Å². The first kappa shape index (κ1) is 20.1. The molecule has 0 bridgehead atoms. The van der Waals surface area contributed by atoms with Crippen molar-refractivity contribution in [3.8, 4) is 0 Å². The largest absolute Gasteiger partial charge is 0.393 e. The van der Waals surface area contributed by atoms with E-state index in [2.05, 4.69) is 0 Å². The van der Waals surface area contributed by atoms with Crippen molar-refractivity contribution in [1.29, 1.82) is 0 Å². The number of amides is 2. The normalized spacial score (nSPS) is 16.2. The van der Waals surface area contributed by atoms with Gasteiger partial charge in [0.1, 0.15) is 11.4 Å². The summed E-state index contributed by atoms with van der Waals surface area (Å²) in [6.45, 7) is 1.26. The number of benzene rings is 1. The van der Waals surface area contributed by atoms with Gasteiger partial charge < -0.3 is 21.7 Å². The quantitative estimate of drug-likeness (QED) is 0.493. The highest BCUT2D eigenvalue weighted by molar-refractivity contribution is 5.82. The zero-order chi connectivity index (χ0) is 18.3. The summed E-state index contributed by atoms with van der Waals surface area (Å²) in [4.78, 5) is 22.6. The fourth-order valence-electron chi connectivity index (χ4n) is 2.28. The van der Waals surface area contributed by atoms with Crippen LogP contribution in [0.4, 0.5) is 4.39 Å². The first-order valence-corrected chi connectivity index (χ1v) is 7.69. The number of carbonyl (C=O) groups excluding carboxylic acids is 2. The van der Waals surface area contributed by atoms with E-state index in [0.717, 1.165) is 0 Å². The maximum atomic E-state index is 13.1. The number of rotatable bonds is 10. The van der Waals surface area contributed by atoms with Gasteiger partial charge in [-0.15, -0.1) is 0 Å². The van der Waals surface area contributed by atoms with E-state index in [4.69, 9.17) is 11.5 Å². The van der Waals surface area contributed by atoms with Crippen molar-refractivity contribution in [3.63, 3.8) is 0 Å². The molecule has 0 aliphatic heterocycles. The lowest BCUT2D eigenvalue weighted by Gasteiger charge is -2.23. The first-order chi connectivity index (χ1) is 11.1. The number of aliphatic hydroxyl groups excluding tert-OH is 1. The Kier molecular flexibility index (Phi) is 7.31. The molecular weight excluding hydrogens is 315 g/mol.